The Labute approximate surface area is 235 Å². The number of carbonyl (C=O) groups is 1. The van der Waals surface area contributed by atoms with Crippen LogP contribution in [-0.4, -0.2) is 34.9 Å². The first-order valence-electron chi connectivity index (χ1n) is 15.2. The zero-order chi connectivity index (χ0) is 27.8. The summed E-state index contributed by atoms with van der Waals surface area (Å²) in [6.07, 6.45) is 22.2. The normalized spacial score (nSPS) is 16.1. The molecular weight excluding hydrogens is 507 g/mol. The van der Waals surface area contributed by atoms with Crippen LogP contribution >= 0.6 is 21.1 Å². The van der Waals surface area contributed by atoms with Crippen LogP contribution < -0.4 is 0 Å². The zero-order valence-electron chi connectivity index (χ0n) is 24.4. The molecule has 5 atom stereocenters. The molecule has 0 spiro atoms. The third kappa shape index (κ3) is 19.6. The smallest absolute Gasteiger partial charge is 0.374 e. The number of aliphatic hydroxyl groups is 1. The van der Waals surface area contributed by atoms with Crippen LogP contribution in [0.2, 0.25) is 0 Å². The SMILES string of the molecule is CCCCCCCCCCCC(CCCCCCCC)CC(S)OC(CC)OC(O)([PH2]=O)C(=O)OCC. The summed E-state index contributed by atoms with van der Waals surface area (Å²) < 4.78 is 27.8. The molecule has 1 N–H and O–H groups in total. The summed E-state index contributed by atoms with van der Waals surface area (Å²) >= 11 is 4.67. The first-order valence-corrected chi connectivity index (χ1v) is 16.8. The number of hydrogen-bond donors (Lipinski definition) is 2. The quantitative estimate of drug-likeness (QED) is 0.0340. The molecule has 222 valence electrons. The molecule has 0 heterocycles. The van der Waals surface area contributed by atoms with E-state index in [9.17, 15) is 14.5 Å². The monoisotopic (exact) mass is 566 g/mol. The summed E-state index contributed by atoms with van der Waals surface area (Å²) in [4.78, 5) is 12.0. The van der Waals surface area contributed by atoms with E-state index in [4.69, 9.17) is 14.2 Å². The summed E-state index contributed by atoms with van der Waals surface area (Å²) in [7, 11) is -1.95. The fourth-order valence-corrected chi connectivity index (χ4v) is 5.44. The highest BCUT2D eigenvalue weighted by atomic mass is 32.1. The molecule has 0 aliphatic rings. The fraction of sp³-hybridized carbons (Fsp3) is 0.966. The fourth-order valence-electron chi connectivity index (χ4n) is 4.62. The molecule has 0 radical (unpaired) electrons. The molecule has 0 amide bonds. The van der Waals surface area contributed by atoms with Gasteiger partial charge in [0.1, 0.15) is 13.9 Å². The van der Waals surface area contributed by atoms with E-state index in [1.165, 1.54) is 109 Å². The molecule has 0 aliphatic carbocycles. The molecule has 0 rings (SSSR count). The Hall–Kier alpha value is -0.0700. The van der Waals surface area contributed by atoms with Crippen LogP contribution in [-0.2, 0) is 23.6 Å². The van der Waals surface area contributed by atoms with Crippen molar-refractivity contribution in [1.29, 1.82) is 0 Å². The minimum atomic E-state index is -2.46. The van der Waals surface area contributed by atoms with Gasteiger partial charge in [-0.15, -0.1) is 12.6 Å². The van der Waals surface area contributed by atoms with Gasteiger partial charge < -0.3 is 23.9 Å². The third-order valence-electron chi connectivity index (χ3n) is 6.90. The lowest BCUT2D eigenvalue weighted by Gasteiger charge is -2.29. The number of rotatable bonds is 27. The Balaban J connectivity index is 4.69. The van der Waals surface area contributed by atoms with Crippen molar-refractivity contribution in [3.05, 3.63) is 0 Å². The van der Waals surface area contributed by atoms with Crippen molar-refractivity contribution >= 4 is 27.1 Å². The van der Waals surface area contributed by atoms with Crippen LogP contribution in [0.1, 0.15) is 150 Å². The lowest BCUT2D eigenvalue weighted by atomic mass is 9.91. The van der Waals surface area contributed by atoms with Gasteiger partial charge in [0.05, 0.1) is 6.61 Å². The molecule has 6 nitrogen and oxygen atoms in total. The van der Waals surface area contributed by atoms with E-state index in [1.54, 1.807) is 6.92 Å². The first-order chi connectivity index (χ1) is 17.9. The van der Waals surface area contributed by atoms with E-state index in [2.05, 4.69) is 26.5 Å². The molecule has 8 heteroatoms. The molecule has 0 saturated carbocycles. The number of esters is 1. The Morgan fingerprint density at radius 2 is 1.27 bits per heavy atom. The van der Waals surface area contributed by atoms with Gasteiger partial charge in [-0.2, -0.15) is 0 Å². The lowest BCUT2D eigenvalue weighted by Crippen LogP contribution is -2.42. The standard InChI is InChI=1S/C29H59O6PS/c1-5-9-11-13-15-16-17-19-21-23-25(22-20-18-14-12-10-6-2)24-27(37)34-26(7-3)35-29(31,36-32)28(30)33-8-4/h25-27,31,37H,5-24,36H2,1-4H3. The highest BCUT2D eigenvalue weighted by molar-refractivity contribution is 7.80. The molecule has 37 heavy (non-hydrogen) atoms. The highest BCUT2D eigenvalue weighted by Gasteiger charge is 2.41. The van der Waals surface area contributed by atoms with Crippen molar-refractivity contribution < 1.29 is 28.7 Å². The van der Waals surface area contributed by atoms with Gasteiger partial charge in [-0.25, -0.2) is 4.79 Å². The lowest BCUT2D eigenvalue weighted by molar-refractivity contribution is -0.258. The number of ether oxygens (including phenoxy) is 3. The van der Waals surface area contributed by atoms with Crippen molar-refractivity contribution in [3.63, 3.8) is 0 Å². The van der Waals surface area contributed by atoms with E-state index in [0.29, 0.717) is 12.3 Å². The van der Waals surface area contributed by atoms with Gasteiger partial charge in [-0.1, -0.05) is 130 Å². The third-order valence-corrected chi connectivity index (χ3v) is 7.92. The van der Waals surface area contributed by atoms with Crippen molar-refractivity contribution in [3.8, 4) is 0 Å². The van der Waals surface area contributed by atoms with Crippen molar-refractivity contribution in [2.75, 3.05) is 6.61 Å². The average Bonchev–Trinajstić information content (AvgIpc) is 2.88. The van der Waals surface area contributed by atoms with Gasteiger partial charge in [0.25, 0.3) is 0 Å². The maximum atomic E-state index is 12.0. The topological polar surface area (TPSA) is 82.1 Å². The van der Waals surface area contributed by atoms with Crippen LogP contribution in [0, 0.1) is 5.92 Å². The summed E-state index contributed by atoms with van der Waals surface area (Å²) in [5.41, 5.74) is -2.85. The van der Waals surface area contributed by atoms with Crippen LogP contribution in [0.25, 0.3) is 0 Å². The van der Waals surface area contributed by atoms with E-state index in [-0.39, 0.29) is 12.0 Å². The molecule has 0 aromatic carbocycles. The highest BCUT2D eigenvalue weighted by Crippen LogP contribution is 2.30. The van der Waals surface area contributed by atoms with E-state index >= 15 is 0 Å². The van der Waals surface area contributed by atoms with Gasteiger partial charge in [0.2, 0.25) is 0 Å². The summed E-state index contributed by atoms with van der Waals surface area (Å²) in [6.45, 7) is 8.01. The summed E-state index contributed by atoms with van der Waals surface area (Å²) in [5, 5.41) is 10.4. The van der Waals surface area contributed by atoms with Gasteiger partial charge in [0.15, 0.2) is 6.29 Å². The Bertz CT molecular complexity index is 552. The second-order valence-electron chi connectivity index (χ2n) is 10.4. The predicted molar refractivity (Wildman–Crippen MR) is 159 cm³/mol. The number of carbonyl (C=O) groups excluding carboxylic acids is 1. The second kappa shape index (κ2) is 24.9. The molecule has 0 bridgehead atoms. The van der Waals surface area contributed by atoms with Crippen LogP contribution in [0.4, 0.5) is 0 Å². The Kier molecular flexibility index (Phi) is 24.9. The number of thiol groups is 1. The van der Waals surface area contributed by atoms with Crippen molar-refractivity contribution in [2.45, 2.75) is 167 Å². The van der Waals surface area contributed by atoms with Gasteiger partial charge in [-0.3, -0.25) is 0 Å². The largest absolute Gasteiger partial charge is 0.462 e. The molecule has 5 unspecified atom stereocenters. The van der Waals surface area contributed by atoms with E-state index in [0.717, 1.165) is 6.42 Å². The minimum absolute atomic E-state index is 0.0652. The van der Waals surface area contributed by atoms with Crippen LogP contribution in [0.15, 0.2) is 0 Å². The van der Waals surface area contributed by atoms with Crippen molar-refractivity contribution in [1.82, 2.24) is 0 Å². The summed E-state index contributed by atoms with van der Waals surface area (Å²) in [6, 6.07) is 0. The maximum Gasteiger partial charge on any atom is 0.374 e. The molecule has 0 aromatic heterocycles. The van der Waals surface area contributed by atoms with Gasteiger partial charge in [-0.05, 0) is 25.7 Å². The van der Waals surface area contributed by atoms with Gasteiger partial charge in [0, 0.05) is 0 Å². The number of hydrogen-bond acceptors (Lipinski definition) is 7. The van der Waals surface area contributed by atoms with E-state index < -0.39 is 26.2 Å². The average molecular weight is 567 g/mol. The predicted octanol–water partition coefficient (Wildman–Crippen LogP) is 8.65. The molecular formula is C29H59O6PS. The molecule has 0 aliphatic heterocycles. The zero-order valence-corrected chi connectivity index (χ0v) is 26.4. The first kappa shape index (κ1) is 36.9. The van der Waals surface area contributed by atoms with Gasteiger partial charge >= 0.3 is 11.5 Å². The second-order valence-corrected chi connectivity index (χ2v) is 12.0. The van der Waals surface area contributed by atoms with Crippen LogP contribution in [0.5, 0.6) is 0 Å². The van der Waals surface area contributed by atoms with Crippen LogP contribution in [0.3, 0.4) is 0 Å². The number of unbranched alkanes of at least 4 members (excludes halogenated alkanes) is 13. The van der Waals surface area contributed by atoms with E-state index in [1.807, 2.05) is 6.92 Å². The Morgan fingerprint density at radius 3 is 1.68 bits per heavy atom. The molecule has 0 fully saturated rings. The molecule has 0 aromatic rings. The molecule has 0 saturated heterocycles. The summed E-state index contributed by atoms with van der Waals surface area (Å²) in [5.74, 6) is -0.520. The van der Waals surface area contributed by atoms with Crippen molar-refractivity contribution in [2.24, 2.45) is 5.92 Å². The maximum absolute atomic E-state index is 12.0. The Morgan fingerprint density at radius 1 is 0.811 bits per heavy atom. The minimum Gasteiger partial charge on any atom is -0.462 e.